The highest BCUT2D eigenvalue weighted by Crippen LogP contribution is 2.46. The second-order valence-electron chi connectivity index (χ2n) is 8.31. The van der Waals surface area contributed by atoms with Gasteiger partial charge in [0, 0.05) is 17.7 Å². The molecule has 0 amide bonds. The van der Waals surface area contributed by atoms with Gasteiger partial charge in [0.2, 0.25) is 0 Å². The zero-order valence-electron chi connectivity index (χ0n) is 15.1. The van der Waals surface area contributed by atoms with Gasteiger partial charge >= 0.3 is 5.97 Å². The summed E-state index contributed by atoms with van der Waals surface area (Å²) in [5.74, 6) is 0.562. The van der Waals surface area contributed by atoms with Gasteiger partial charge < -0.3 is 9.64 Å². The minimum absolute atomic E-state index is 0.00108. The van der Waals surface area contributed by atoms with Gasteiger partial charge in [-0.3, -0.25) is 4.79 Å². The molecule has 0 saturated heterocycles. The fourth-order valence-electron chi connectivity index (χ4n) is 3.62. The Balaban J connectivity index is 2.10. The minimum Gasteiger partial charge on any atom is -0.426 e. The van der Waals surface area contributed by atoms with Gasteiger partial charge in [-0.1, -0.05) is 6.08 Å². The Morgan fingerprint density at radius 1 is 1.26 bits per heavy atom. The van der Waals surface area contributed by atoms with Crippen LogP contribution in [0.3, 0.4) is 0 Å². The summed E-state index contributed by atoms with van der Waals surface area (Å²) in [6, 6.07) is 4.07. The number of hydrogen-bond donors (Lipinski definition) is 0. The summed E-state index contributed by atoms with van der Waals surface area (Å²) in [4.78, 5) is 14.8. The van der Waals surface area contributed by atoms with Crippen LogP contribution in [0.5, 0.6) is 5.75 Å². The van der Waals surface area contributed by atoms with Crippen molar-refractivity contribution in [2.75, 3.05) is 11.4 Å². The van der Waals surface area contributed by atoms with Crippen molar-refractivity contribution in [1.29, 1.82) is 0 Å². The average molecular weight is 313 g/mol. The number of ether oxygens (including phenoxy) is 1. The van der Waals surface area contributed by atoms with E-state index in [0.717, 1.165) is 25.1 Å². The minimum atomic E-state index is -0.494. The Hall–Kier alpha value is -1.77. The Bertz CT molecular complexity index is 692. The van der Waals surface area contributed by atoms with Gasteiger partial charge in [-0.05, 0) is 72.1 Å². The lowest BCUT2D eigenvalue weighted by molar-refractivity contribution is -0.143. The molecule has 3 rings (SSSR count). The van der Waals surface area contributed by atoms with Gasteiger partial charge in [-0.2, -0.15) is 0 Å². The second-order valence-corrected chi connectivity index (χ2v) is 8.31. The highest BCUT2D eigenvalue weighted by Gasteiger charge is 2.36. The summed E-state index contributed by atoms with van der Waals surface area (Å²) in [7, 11) is 0. The molecular formula is C20H27NO2. The molecule has 0 radical (unpaired) electrons. The molecule has 2 aliphatic rings. The van der Waals surface area contributed by atoms with Crippen molar-refractivity contribution in [3.63, 3.8) is 0 Å². The lowest BCUT2D eigenvalue weighted by Crippen LogP contribution is -2.47. The number of benzene rings is 1. The fourth-order valence-corrected chi connectivity index (χ4v) is 3.62. The molecule has 2 heterocycles. The van der Waals surface area contributed by atoms with Gasteiger partial charge in [0.15, 0.2) is 0 Å². The zero-order chi connectivity index (χ0) is 17.0. The zero-order valence-corrected chi connectivity index (χ0v) is 15.1. The van der Waals surface area contributed by atoms with Crippen molar-refractivity contribution in [3.8, 4) is 5.75 Å². The molecule has 0 aromatic heterocycles. The maximum absolute atomic E-state index is 12.3. The van der Waals surface area contributed by atoms with Crippen molar-refractivity contribution in [2.24, 2.45) is 5.41 Å². The van der Waals surface area contributed by atoms with Crippen molar-refractivity contribution >= 4 is 17.2 Å². The summed E-state index contributed by atoms with van der Waals surface area (Å²) >= 11 is 0. The standard InChI is InChI=1S/C20H27NO2/c1-13-12-20(5,6)21-11-7-8-15-16(10-9-14(13)17(15)21)23-18(22)19(2,3)4/h9-10,12H,7-8,11H2,1-6H3. The van der Waals surface area contributed by atoms with Crippen molar-refractivity contribution in [1.82, 2.24) is 0 Å². The molecule has 124 valence electrons. The molecule has 3 heteroatoms. The Morgan fingerprint density at radius 2 is 1.96 bits per heavy atom. The maximum Gasteiger partial charge on any atom is 0.316 e. The molecule has 1 aromatic carbocycles. The van der Waals surface area contributed by atoms with Crippen LogP contribution < -0.4 is 9.64 Å². The first-order valence-electron chi connectivity index (χ1n) is 8.47. The molecule has 1 aromatic rings. The van der Waals surface area contributed by atoms with Crippen molar-refractivity contribution in [3.05, 3.63) is 29.3 Å². The summed E-state index contributed by atoms with van der Waals surface area (Å²) < 4.78 is 5.77. The topological polar surface area (TPSA) is 29.5 Å². The number of carbonyl (C=O) groups is 1. The fraction of sp³-hybridized carbons (Fsp3) is 0.550. The summed E-state index contributed by atoms with van der Waals surface area (Å²) in [5.41, 5.74) is 4.53. The molecule has 0 unspecified atom stereocenters. The molecule has 0 N–H and O–H groups in total. The van der Waals surface area contributed by atoms with Gasteiger partial charge in [0.05, 0.1) is 16.6 Å². The molecule has 0 atom stereocenters. The van der Waals surface area contributed by atoms with Crippen LogP contribution in [-0.4, -0.2) is 18.1 Å². The quantitative estimate of drug-likeness (QED) is 0.561. The molecule has 0 aliphatic carbocycles. The normalized spacial score (nSPS) is 19.0. The summed E-state index contributed by atoms with van der Waals surface area (Å²) in [6.45, 7) is 13.4. The predicted octanol–water partition coefficient (Wildman–Crippen LogP) is 4.59. The van der Waals surface area contributed by atoms with E-state index < -0.39 is 5.41 Å². The Kier molecular flexibility index (Phi) is 3.58. The van der Waals surface area contributed by atoms with Gasteiger partial charge in [0.1, 0.15) is 5.75 Å². The van der Waals surface area contributed by atoms with Crippen molar-refractivity contribution < 1.29 is 9.53 Å². The lowest BCUT2D eigenvalue weighted by atomic mass is 9.83. The largest absolute Gasteiger partial charge is 0.426 e. The predicted molar refractivity (Wildman–Crippen MR) is 94.9 cm³/mol. The summed E-state index contributed by atoms with van der Waals surface area (Å²) in [6.07, 6.45) is 4.40. The molecule has 0 bridgehead atoms. The van der Waals surface area contributed by atoms with Crippen LogP contribution >= 0.6 is 0 Å². The number of allylic oxidation sites excluding steroid dienone is 1. The van der Waals surface area contributed by atoms with Gasteiger partial charge in [0.25, 0.3) is 0 Å². The van der Waals surface area contributed by atoms with Gasteiger partial charge in [-0.25, -0.2) is 0 Å². The molecule has 0 saturated carbocycles. The number of hydrogen-bond acceptors (Lipinski definition) is 3. The van der Waals surface area contributed by atoms with E-state index in [2.05, 4.69) is 37.8 Å². The van der Waals surface area contributed by atoms with E-state index in [0.29, 0.717) is 0 Å². The SMILES string of the molecule is CC1=CC(C)(C)N2CCCc3c(OC(=O)C(C)(C)C)ccc1c32. The van der Waals surface area contributed by atoms with E-state index in [-0.39, 0.29) is 11.5 Å². The number of esters is 1. The molecule has 23 heavy (non-hydrogen) atoms. The Labute approximate surface area is 139 Å². The second kappa shape index (κ2) is 5.12. The van der Waals surface area contributed by atoms with E-state index in [9.17, 15) is 4.79 Å². The van der Waals surface area contributed by atoms with Gasteiger partial charge in [-0.15, -0.1) is 0 Å². The van der Waals surface area contributed by atoms with Crippen LogP contribution in [-0.2, 0) is 11.2 Å². The molecule has 0 fully saturated rings. The van der Waals surface area contributed by atoms with E-state index in [1.165, 1.54) is 22.4 Å². The van der Waals surface area contributed by atoms with E-state index in [4.69, 9.17) is 4.74 Å². The first-order chi connectivity index (χ1) is 10.6. The summed E-state index contributed by atoms with van der Waals surface area (Å²) in [5, 5.41) is 0. The van der Waals surface area contributed by atoms with Crippen LogP contribution in [0.1, 0.15) is 59.1 Å². The Morgan fingerprint density at radius 3 is 2.61 bits per heavy atom. The molecule has 3 nitrogen and oxygen atoms in total. The van der Waals surface area contributed by atoms with Crippen LogP contribution in [0, 0.1) is 5.41 Å². The molecule has 2 aliphatic heterocycles. The van der Waals surface area contributed by atoms with E-state index in [1.807, 2.05) is 26.8 Å². The first kappa shape index (κ1) is 16.1. The average Bonchev–Trinajstić information content (AvgIpc) is 2.44. The van der Waals surface area contributed by atoms with E-state index >= 15 is 0 Å². The number of carbonyl (C=O) groups excluding carboxylic acids is 1. The number of nitrogens with zero attached hydrogens (tertiary/aromatic N) is 1. The lowest BCUT2D eigenvalue weighted by Gasteiger charge is -2.46. The third-order valence-corrected chi connectivity index (χ3v) is 4.82. The molecule has 0 spiro atoms. The monoisotopic (exact) mass is 313 g/mol. The third kappa shape index (κ3) is 2.66. The number of anilines is 1. The van der Waals surface area contributed by atoms with Crippen LogP contribution in [0.15, 0.2) is 18.2 Å². The van der Waals surface area contributed by atoms with Crippen molar-refractivity contribution in [2.45, 2.75) is 59.9 Å². The molecular weight excluding hydrogens is 286 g/mol. The third-order valence-electron chi connectivity index (χ3n) is 4.82. The highest BCUT2D eigenvalue weighted by atomic mass is 16.5. The van der Waals surface area contributed by atoms with Crippen LogP contribution in [0.25, 0.3) is 5.57 Å². The number of rotatable bonds is 1. The highest BCUT2D eigenvalue weighted by molar-refractivity contribution is 5.86. The van der Waals surface area contributed by atoms with Crippen LogP contribution in [0.4, 0.5) is 5.69 Å². The smallest absolute Gasteiger partial charge is 0.316 e. The first-order valence-corrected chi connectivity index (χ1v) is 8.47. The van der Waals surface area contributed by atoms with E-state index in [1.54, 1.807) is 0 Å². The maximum atomic E-state index is 12.3. The van der Waals surface area contributed by atoms with Crippen LogP contribution in [0.2, 0.25) is 0 Å².